The highest BCUT2D eigenvalue weighted by molar-refractivity contribution is 6.25. The zero-order valence-electron chi connectivity index (χ0n) is 11.7. The lowest BCUT2D eigenvalue weighted by atomic mass is 10.1. The number of aliphatic hydroxyl groups is 1. The summed E-state index contributed by atoms with van der Waals surface area (Å²) in [5.41, 5.74) is 7.81. The summed E-state index contributed by atoms with van der Waals surface area (Å²) in [6, 6.07) is -0.394. The van der Waals surface area contributed by atoms with Crippen molar-refractivity contribution in [3.63, 3.8) is 0 Å². The third kappa shape index (κ3) is 5.38. The normalized spacial score (nSPS) is 12.6. The lowest BCUT2D eigenvalue weighted by Crippen LogP contribution is -2.43. The number of nitrogens with zero attached hydrogens (tertiary/aromatic N) is 3. The van der Waals surface area contributed by atoms with Gasteiger partial charge in [0, 0.05) is 18.2 Å². The van der Waals surface area contributed by atoms with Crippen molar-refractivity contribution < 1.29 is 33.8 Å². The number of aliphatic hydroxyl groups excluding tert-OH is 1. The number of rotatable bonds is 8. The monoisotopic (exact) mass is 324 g/mol. The van der Waals surface area contributed by atoms with Crippen molar-refractivity contribution in [1.82, 2.24) is 10.3 Å². The summed E-state index contributed by atoms with van der Waals surface area (Å²) < 4.78 is 13.4. The second-order valence-electron chi connectivity index (χ2n) is 4.45. The van der Waals surface area contributed by atoms with Gasteiger partial charge in [-0.3, -0.25) is 14.6 Å². The molecule has 1 heterocycles. The maximum absolute atomic E-state index is 13.4. The Morgan fingerprint density at radius 2 is 2.17 bits per heavy atom. The van der Waals surface area contributed by atoms with Crippen LogP contribution in [0.15, 0.2) is 18.5 Å². The molecular formula is C13H13FN4O5. The van der Waals surface area contributed by atoms with Crippen LogP contribution in [0.25, 0.3) is 5.53 Å². The fraction of sp³-hybridized carbons (Fsp3) is 0.308. The zero-order valence-corrected chi connectivity index (χ0v) is 11.7. The predicted molar refractivity (Wildman–Crippen MR) is 72.6 cm³/mol. The molecule has 0 aliphatic rings. The quantitative estimate of drug-likeness (QED) is 0.332. The van der Waals surface area contributed by atoms with Crippen molar-refractivity contribution in [3.05, 3.63) is 35.4 Å². The molecule has 0 radical (unpaired) electrons. The summed E-state index contributed by atoms with van der Waals surface area (Å²) in [5, 5.41) is 20.8. The van der Waals surface area contributed by atoms with Gasteiger partial charge in [-0.15, -0.1) is 0 Å². The zero-order chi connectivity index (χ0) is 17.4. The van der Waals surface area contributed by atoms with E-state index in [4.69, 9.17) is 10.6 Å². The summed E-state index contributed by atoms with van der Waals surface area (Å²) in [5.74, 6) is -4.13. The number of carboxylic acids is 1. The second kappa shape index (κ2) is 8.47. The van der Waals surface area contributed by atoms with Gasteiger partial charge < -0.3 is 21.1 Å². The molecule has 0 saturated carbocycles. The SMILES string of the molecule is [N-]=[N+]=CC(=O)CCC(NC(=O)C(O)c1ccncc1F)C(=O)O. The highest BCUT2D eigenvalue weighted by Crippen LogP contribution is 2.16. The van der Waals surface area contributed by atoms with Crippen LogP contribution in [0.5, 0.6) is 0 Å². The Hall–Kier alpha value is -2.97. The Bertz CT molecular complexity index is 660. The minimum Gasteiger partial charge on any atom is -0.480 e. The van der Waals surface area contributed by atoms with Crippen LogP contribution in [-0.4, -0.2) is 49.9 Å². The van der Waals surface area contributed by atoms with Gasteiger partial charge in [-0.05, 0) is 12.5 Å². The van der Waals surface area contributed by atoms with Gasteiger partial charge in [-0.2, -0.15) is 4.79 Å². The summed E-state index contributed by atoms with van der Waals surface area (Å²) in [6.07, 6.45) is 0.0409. The van der Waals surface area contributed by atoms with Crippen LogP contribution in [0.2, 0.25) is 0 Å². The number of carboxylic acid groups (broad SMARTS) is 1. The van der Waals surface area contributed by atoms with E-state index < -0.39 is 35.6 Å². The van der Waals surface area contributed by atoms with E-state index in [2.05, 4.69) is 9.77 Å². The largest absolute Gasteiger partial charge is 0.480 e. The molecule has 1 aromatic rings. The van der Waals surface area contributed by atoms with Crippen LogP contribution < -0.4 is 5.32 Å². The van der Waals surface area contributed by atoms with Crippen molar-refractivity contribution in [1.29, 1.82) is 0 Å². The highest BCUT2D eigenvalue weighted by atomic mass is 19.1. The fourth-order valence-electron chi connectivity index (χ4n) is 1.67. The average Bonchev–Trinajstić information content (AvgIpc) is 2.51. The van der Waals surface area contributed by atoms with Crippen LogP contribution in [0, 0.1) is 5.82 Å². The van der Waals surface area contributed by atoms with Crippen molar-refractivity contribution in [2.75, 3.05) is 0 Å². The molecule has 0 saturated heterocycles. The van der Waals surface area contributed by atoms with E-state index in [1.807, 2.05) is 5.32 Å². The van der Waals surface area contributed by atoms with E-state index in [9.17, 15) is 23.9 Å². The van der Waals surface area contributed by atoms with Gasteiger partial charge in [0.2, 0.25) is 5.78 Å². The topological polar surface area (TPSA) is 153 Å². The van der Waals surface area contributed by atoms with E-state index in [0.717, 1.165) is 18.5 Å². The van der Waals surface area contributed by atoms with E-state index >= 15 is 0 Å². The molecule has 1 rings (SSSR count). The molecule has 3 N–H and O–H groups in total. The number of ketones is 1. The van der Waals surface area contributed by atoms with E-state index in [1.54, 1.807) is 0 Å². The number of pyridine rings is 1. The van der Waals surface area contributed by atoms with E-state index in [1.165, 1.54) is 0 Å². The second-order valence-corrected chi connectivity index (χ2v) is 4.45. The first-order chi connectivity index (χ1) is 10.9. The van der Waals surface area contributed by atoms with Crippen molar-refractivity contribution in [3.8, 4) is 0 Å². The summed E-state index contributed by atoms with van der Waals surface area (Å²) in [6.45, 7) is 0. The van der Waals surface area contributed by atoms with Crippen LogP contribution in [0.3, 0.4) is 0 Å². The molecule has 0 bridgehead atoms. The Morgan fingerprint density at radius 1 is 1.48 bits per heavy atom. The lowest BCUT2D eigenvalue weighted by Gasteiger charge is -2.17. The van der Waals surface area contributed by atoms with Gasteiger partial charge in [0.05, 0.1) is 6.20 Å². The smallest absolute Gasteiger partial charge is 0.326 e. The van der Waals surface area contributed by atoms with Gasteiger partial charge in [0.1, 0.15) is 11.9 Å². The molecule has 2 unspecified atom stereocenters. The number of carbonyl (C=O) groups excluding carboxylic acids is 2. The molecule has 9 nitrogen and oxygen atoms in total. The molecule has 1 aromatic heterocycles. The summed E-state index contributed by atoms with van der Waals surface area (Å²) in [4.78, 5) is 40.0. The molecule has 0 aliphatic heterocycles. The standard InChI is InChI=1S/C13H13FN4O5/c14-9-6-16-4-3-8(9)11(20)12(21)18-10(13(22)23)2-1-7(19)5-17-15/h3-6,10-11,20H,1-2H2,(H,18,21)(H,22,23). The third-order valence-electron chi connectivity index (χ3n) is 2.84. The average molecular weight is 324 g/mol. The minimum absolute atomic E-state index is 0.294. The molecule has 0 aliphatic carbocycles. The first-order valence-electron chi connectivity index (χ1n) is 6.37. The number of aliphatic carboxylic acids is 1. The number of carbonyl (C=O) groups is 3. The molecule has 0 aromatic carbocycles. The number of Topliss-reactive ketones (excluding diaryl/α,β-unsaturated/α-hetero) is 1. The number of aromatic nitrogens is 1. The first-order valence-corrected chi connectivity index (χ1v) is 6.37. The molecule has 23 heavy (non-hydrogen) atoms. The number of amides is 1. The maximum Gasteiger partial charge on any atom is 0.326 e. The van der Waals surface area contributed by atoms with E-state index in [0.29, 0.717) is 6.21 Å². The van der Waals surface area contributed by atoms with Gasteiger partial charge in [-0.25, -0.2) is 9.18 Å². The number of hydrogen-bond donors (Lipinski definition) is 3. The molecule has 2 atom stereocenters. The Morgan fingerprint density at radius 3 is 2.74 bits per heavy atom. The number of halogens is 1. The Kier molecular flexibility index (Phi) is 6.66. The first kappa shape index (κ1) is 18.1. The van der Waals surface area contributed by atoms with Gasteiger partial charge in [-0.1, -0.05) is 0 Å². The van der Waals surface area contributed by atoms with Crippen LogP contribution in [-0.2, 0) is 14.4 Å². The van der Waals surface area contributed by atoms with Crippen LogP contribution in [0.1, 0.15) is 24.5 Å². The highest BCUT2D eigenvalue weighted by Gasteiger charge is 2.27. The molecule has 122 valence electrons. The molecule has 10 heteroatoms. The maximum atomic E-state index is 13.4. The van der Waals surface area contributed by atoms with Crippen molar-refractivity contribution >= 4 is 23.9 Å². The summed E-state index contributed by atoms with van der Waals surface area (Å²) in [7, 11) is 0. The minimum atomic E-state index is -1.92. The van der Waals surface area contributed by atoms with Crippen molar-refractivity contribution in [2.45, 2.75) is 25.0 Å². The third-order valence-corrected chi connectivity index (χ3v) is 2.84. The van der Waals surface area contributed by atoms with Gasteiger partial charge in [0.15, 0.2) is 6.10 Å². The van der Waals surface area contributed by atoms with Gasteiger partial charge in [0.25, 0.3) is 5.91 Å². The number of hydrogen-bond acceptors (Lipinski definition) is 5. The Balaban J connectivity index is 2.74. The van der Waals surface area contributed by atoms with Crippen LogP contribution >= 0.6 is 0 Å². The summed E-state index contributed by atoms with van der Waals surface area (Å²) >= 11 is 0. The molecule has 0 fully saturated rings. The predicted octanol–water partition coefficient (Wildman–Crippen LogP) is -0.527. The van der Waals surface area contributed by atoms with Gasteiger partial charge >= 0.3 is 12.2 Å². The molecule has 1 amide bonds. The fourth-order valence-corrected chi connectivity index (χ4v) is 1.67. The van der Waals surface area contributed by atoms with Crippen molar-refractivity contribution in [2.24, 2.45) is 0 Å². The lowest BCUT2D eigenvalue weighted by molar-refractivity contribution is -0.143. The molecule has 0 spiro atoms. The Labute approximate surface area is 129 Å². The van der Waals surface area contributed by atoms with E-state index in [-0.39, 0.29) is 18.4 Å². The van der Waals surface area contributed by atoms with Crippen LogP contribution in [0.4, 0.5) is 4.39 Å². The molecular weight excluding hydrogens is 311 g/mol. The number of nitrogens with one attached hydrogen (secondary N) is 1.